The van der Waals surface area contributed by atoms with E-state index in [1.165, 1.54) is 11.8 Å². The van der Waals surface area contributed by atoms with Gasteiger partial charge in [0.1, 0.15) is 5.82 Å². The number of hydrogen-bond acceptors (Lipinski definition) is 5. The first-order chi connectivity index (χ1) is 13.3. The molecule has 6 nitrogen and oxygen atoms in total. The molecule has 1 atom stereocenters. The van der Waals surface area contributed by atoms with Crippen molar-refractivity contribution in [2.75, 3.05) is 30.5 Å². The maximum absolute atomic E-state index is 5.41. The molecular formula is C21H27N5O. The molecule has 0 saturated carbocycles. The van der Waals surface area contributed by atoms with Gasteiger partial charge in [0.2, 0.25) is 5.95 Å². The summed E-state index contributed by atoms with van der Waals surface area (Å²) in [5.41, 5.74) is 3.20. The summed E-state index contributed by atoms with van der Waals surface area (Å²) in [6, 6.07) is 10.8. The van der Waals surface area contributed by atoms with Crippen molar-refractivity contribution in [2.24, 2.45) is 0 Å². The Balaban J connectivity index is 1.63. The number of hydrogen-bond donors (Lipinski definition) is 2. The third kappa shape index (κ3) is 3.90. The molecule has 1 aromatic carbocycles. The quantitative estimate of drug-likeness (QED) is 0.654. The summed E-state index contributed by atoms with van der Waals surface area (Å²) in [6.45, 7) is 3.93. The van der Waals surface area contributed by atoms with Crippen molar-refractivity contribution < 1.29 is 4.74 Å². The molecule has 1 aliphatic rings. The largest absolute Gasteiger partial charge is 0.383 e. The van der Waals surface area contributed by atoms with E-state index in [0.29, 0.717) is 12.0 Å². The zero-order chi connectivity index (χ0) is 18.6. The third-order valence-corrected chi connectivity index (χ3v) is 5.11. The summed E-state index contributed by atoms with van der Waals surface area (Å²) in [4.78, 5) is 15.2. The van der Waals surface area contributed by atoms with E-state index in [9.17, 15) is 0 Å². The Morgan fingerprint density at radius 3 is 3.04 bits per heavy atom. The zero-order valence-corrected chi connectivity index (χ0v) is 16.0. The predicted molar refractivity (Wildman–Crippen MR) is 110 cm³/mol. The van der Waals surface area contributed by atoms with E-state index in [2.05, 4.69) is 52.5 Å². The van der Waals surface area contributed by atoms with Gasteiger partial charge >= 0.3 is 0 Å². The van der Waals surface area contributed by atoms with Gasteiger partial charge in [-0.3, -0.25) is 0 Å². The Bertz CT molecular complexity index is 906. The number of methoxy groups -OCH3 is 1. The van der Waals surface area contributed by atoms with E-state index in [1.54, 1.807) is 7.11 Å². The molecule has 1 saturated heterocycles. The average Bonchev–Trinajstić information content (AvgIpc) is 3.31. The molecule has 1 fully saturated rings. The van der Waals surface area contributed by atoms with Crippen LogP contribution in [0.15, 0.2) is 36.5 Å². The van der Waals surface area contributed by atoms with Crippen molar-refractivity contribution in [3.63, 3.8) is 0 Å². The Labute approximate surface area is 160 Å². The lowest BCUT2D eigenvalue weighted by molar-refractivity contribution is 0.180. The Kier molecular flexibility index (Phi) is 5.25. The van der Waals surface area contributed by atoms with Gasteiger partial charge in [-0.25, -0.2) is 4.98 Å². The topological polar surface area (TPSA) is 66.1 Å². The van der Waals surface area contributed by atoms with Crippen LogP contribution in [-0.2, 0) is 11.2 Å². The molecule has 2 aromatic heterocycles. The minimum atomic E-state index is 0.392. The van der Waals surface area contributed by atoms with Crippen LogP contribution in [0.3, 0.4) is 0 Å². The van der Waals surface area contributed by atoms with Gasteiger partial charge in [-0.2, -0.15) is 4.98 Å². The molecule has 0 aliphatic carbocycles. The second kappa shape index (κ2) is 7.96. The first-order valence-corrected chi connectivity index (χ1v) is 9.74. The van der Waals surface area contributed by atoms with Crippen LogP contribution in [0.5, 0.6) is 0 Å². The average molecular weight is 365 g/mol. The molecule has 4 rings (SSSR count). The SMILES string of the molecule is CCCc1cc(N2CCC[C@H]2COC)nc(Nc2ccc3[nH]ccc3c2)n1. The highest BCUT2D eigenvalue weighted by atomic mass is 16.5. The van der Waals surface area contributed by atoms with E-state index in [0.717, 1.165) is 55.1 Å². The van der Waals surface area contributed by atoms with Crippen LogP contribution in [0.2, 0.25) is 0 Å². The number of anilines is 3. The summed E-state index contributed by atoms with van der Waals surface area (Å²) < 4.78 is 5.41. The number of fused-ring (bicyclic) bond motifs is 1. The van der Waals surface area contributed by atoms with Crippen LogP contribution in [-0.4, -0.2) is 41.3 Å². The molecule has 27 heavy (non-hydrogen) atoms. The van der Waals surface area contributed by atoms with Crippen LogP contribution >= 0.6 is 0 Å². The standard InChI is InChI=1S/C21H27N5O/c1-3-5-16-13-20(26-11-4-6-18(26)14-27-2)25-21(23-16)24-17-7-8-19-15(12-17)9-10-22-19/h7-10,12-13,18,22H,3-6,11,14H2,1-2H3,(H,23,24,25)/t18-/m0/s1. The van der Waals surface area contributed by atoms with Crippen molar-refractivity contribution in [3.05, 3.63) is 42.2 Å². The van der Waals surface area contributed by atoms with E-state index >= 15 is 0 Å². The molecule has 6 heteroatoms. The van der Waals surface area contributed by atoms with Crippen molar-refractivity contribution in [1.82, 2.24) is 15.0 Å². The van der Waals surface area contributed by atoms with Crippen LogP contribution in [0.4, 0.5) is 17.5 Å². The Morgan fingerprint density at radius 1 is 1.26 bits per heavy atom. The molecule has 2 N–H and O–H groups in total. The molecule has 0 spiro atoms. The van der Waals surface area contributed by atoms with E-state index in [4.69, 9.17) is 14.7 Å². The Hall–Kier alpha value is -2.60. The number of nitrogens with zero attached hydrogens (tertiary/aromatic N) is 3. The molecule has 0 amide bonds. The molecule has 142 valence electrons. The number of ether oxygens (including phenoxy) is 1. The zero-order valence-electron chi connectivity index (χ0n) is 16.0. The molecule has 1 aliphatic heterocycles. The number of aromatic amines is 1. The van der Waals surface area contributed by atoms with Crippen molar-refractivity contribution in [2.45, 2.75) is 38.6 Å². The smallest absolute Gasteiger partial charge is 0.229 e. The second-order valence-electron chi connectivity index (χ2n) is 7.14. The van der Waals surface area contributed by atoms with Gasteiger partial charge in [-0.1, -0.05) is 13.3 Å². The van der Waals surface area contributed by atoms with Gasteiger partial charge in [-0.05, 0) is 43.5 Å². The normalized spacial score (nSPS) is 17.0. The van der Waals surface area contributed by atoms with Crippen molar-refractivity contribution in [3.8, 4) is 0 Å². The van der Waals surface area contributed by atoms with Gasteiger partial charge in [0.15, 0.2) is 0 Å². The van der Waals surface area contributed by atoms with Crippen molar-refractivity contribution in [1.29, 1.82) is 0 Å². The maximum atomic E-state index is 5.41. The lowest BCUT2D eigenvalue weighted by atomic mass is 10.2. The molecular weight excluding hydrogens is 338 g/mol. The molecule has 0 bridgehead atoms. The summed E-state index contributed by atoms with van der Waals surface area (Å²) in [5.74, 6) is 1.66. The fourth-order valence-electron chi connectivity index (χ4n) is 3.83. The first-order valence-electron chi connectivity index (χ1n) is 9.74. The van der Waals surface area contributed by atoms with Gasteiger partial charge in [0.25, 0.3) is 0 Å². The van der Waals surface area contributed by atoms with Crippen LogP contribution in [0.1, 0.15) is 31.9 Å². The number of nitrogens with one attached hydrogen (secondary N) is 2. The molecule has 3 heterocycles. The van der Waals surface area contributed by atoms with Gasteiger partial charge < -0.3 is 19.9 Å². The summed E-state index contributed by atoms with van der Waals surface area (Å²) in [5, 5.41) is 4.57. The summed E-state index contributed by atoms with van der Waals surface area (Å²) in [7, 11) is 1.77. The Morgan fingerprint density at radius 2 is 2.19 bits per heavy atom. The second-order valence-corrected chi connectivity index (χ2v) is 7.14. The van der Waals surface area contributed by atoms with Gasteiger partial charge in [0, 0.05) is 48.2 Å². The van der Waals surface area contributed by atoms with E-state index in [-0.39, 0.29) is 0 Å². The van der Waals surface area contributed by atoms with Gasteiger partial charge in [-0.15, -0.1) is 0 Å². The number of H-pyrrole nitrogens is 1. The molecule has 0 radical (unpaired) electrons. The summed E-state index contributed by atoms with van der Waals surface area (Å²) in [6.07, 6.45) is 6.28. The fourth-order valence-corrected chi connectivity index (χ4v) is 3.83. The number of benzene rings is 1. The van der Waals surface area contributed by atoms with E-state index in [1.807, 2.05) is 6.20 Å². The molecule has 3 aromatic rings. The third-order valence-electron chi connectivity index (χ3n) is 5.11. The fraction of sp³-hybridized carbons (Fsp3) is 0.429. The highest BCUT2D eigenvalue weighted by molar-refractivity contribution is 5.83. The minimum absolute atomic E-state index is 0.392. The van der Waals surface area contributed by atoms with Crippen LogP contribution < -0.4 is 10.2 Å². The van der Waals surface area contributed by atoms with Crippen LogP contribution in [0, 0.1) is 0 Å². The lowest BCUT2D eigenvalue weighted by Gasteiger charge is -2.26. The minimum Gasteiger partial charge on any atom is -0.383 e. The lowest BCUT2D eigenvalue weighted by Crippen LogP contribution is -2.33. The highest BCUT2D eigenvalue weighted by Crippen LogP contribution is 2.27. The first kappa shape index (κ1) is 17.8. The maximum Gasteiger partial charge on any atom is 0.229 e. The predicted octanol–water partition coefficient (Wildman–Crippen LogP) is 4.27. The van der Waals surface area contributed by atoms with Gasteiger partial charge in [0.05, 0.1) is 12.6 Å². The number of aromatic nitrogens is 3. The number of aryl methyl sites for hydroxylation is 1. The highest BCUT2D eigenvalue weighted by Gasteiger charge is 2.26. The number of rotatable bonds is 7. The monoisotopic (exact) mass is 365 g/mol. The van der Waals surface area contributed by atoms with Crippen LogP contribution in [0.25, 0.3) is 10.9 Å². The van der Waals surface area contributed by atoms with E-state index < -0.39 is 0 Å². The summed E-state index contributed by atoms with van der Waals surface area (Å²) >= 11 is 0. The van der Waals surface area contributed by atoms with Crippen molar-refractivity contribution >= 4 is 28.4 Å². The molecule has 0 unspecified atom stereocenters.